The van der Waals surface area contributed by atoms with Crippen molar-refractivity contribution in [3.05, 3.63) is 88.1 Å². The van der Waals surface area contributed by atoms with Gasteiger partial charge in [0, 0.05) is 31.1 Å². The van der Waals surface area contributed by atoms with E-state index in [-0.39, 0.29) is 31.6 Å². The van der Waals surface area contributed by atoms with Crippen molar-refractivity contribution in [1.29, 1.82) is 0 Å². The molecule has 1 saturated heterocycles. The number of benzene rings is 2. The van der Waals surface area contributed by atoms with E-state index in [0.717, 1.165) is 26.9 Å². The van der Waals surface area contributed by atoms with Gasteiger partial charge in [-0.1, -0.05) is 36.4 Å². The van der Waals surface area contributed by atoms with Gasteiger partial charge in [-0.05, 0) is 35.2 Å². The Balaban J connectivity index is 1.37. The smallest absolute Gasteiger partial charge is 0.246 e. The normalized spacial score (nSPS) is 16.4. The summed E-state index contributed by atoms with van der Waals surface area (Å²) in [5, 5.41) is 5.03. The monoisotopic (exact) mass is 491 g/mol. The van der Waals surface area contributed by atoms with Gasteiger partial charge >= 0.3 is 0 Å². The fourth-order valence-corrected chi connectivity index (χ4v) is 6.07. The highest BCUT2D eigenvalue weighted by Crippen LogP contribution is 2.26. The van der Waals surface area contributed by atoms with Gasteiger partial charge in [0.1, 0.15) is 16.5 Å². The zero-order valence-electron chi connectivity index (χ0n) is 17.7. The number of piperazine rings is 1. The Labute approximate surface area is 195 Å². The van der Waals surface area contributed by atoms with Gasteiger partial charge in [0.05, 0.1) is 12.6 Å². The van der Waals surface area contributed by atoms with E-state index < -0.39 is 26.6 Å². The molecule has 0 saturated carbocycles. The van der Waals surface area contributed by atoms with Crippen LogP contribution in [0.5, 0.6) is 0 Å². The van der Waals surface area contributed by atoms with E-state index in [1.54, 1.807) is 11.3 Å². The summed E-state index contributed by atoms with van der Waals surface area (Å²) in [6.45, 7) is 0.880. The third-order valence-electron chi connectivity index (χ3n) is 5.48. The Bertz CT molecular complexity index is 1200. The molecule has 0 radical (unpaired) electrons. The van der Waals surface area contributed by atoms with Crippen molar-refractivity contribution in [2.45, 2.75) is 10.9 Å². The number of amides is 1. The summed E-state index contributed by atoms with van der Waals surface area (Å²) in [6.07, 6.45) is 0. The second-order valence-corrected chi connectivity index (χ2v) is 10.6. The molecule has 1 unspecified atom stereocenters. The molecule has 4 rings (SSSR count). The second kappa shape index (κ2) is 10.1. The highest BCUT2D eigenvalue weighted by Gasteiger charge is 2.31. The fraction of sp³-hybridized carbons (Fsp3) is 0.261. The van der Waals surface area contributed by atoms with Gasteiger partial charge in [0.15, 0.2) is 0 Å². The van der Waals surface area contributed by atoms with Gasteiger partial charge in [-0.25, -0.2) is 17.2 Å². The molecule has 2 aromatic carbocycles. The molecular formula is C23H23F2N3O3S2. The lowest BCUT2D eigenvalue weighted by Gasteiger charge is -2.33. The standard InChI is InChI=1S/C23H23F2N3O3S2/c24-18-8-9-19(25)21(15-18)33(30,31)28-12-10-27(11-13-28)16-22(29)26-23(20-7-4-14-32-20)17-5-2-1-3-6-17/h1-9,14-15,23H,10-13,16H2,(H,26,29). The number of sulfonamides is 1. The first kappa shape index (κ1) is 23.5. The van der Waals surface area contributed by atoms with Gasteiger partial charge in [0.2, 0.25) is 15.9 Å². The quantitative estimate of drug-likeness (QED) is 0.551. The summed E-state index contributed by atoms with van der Waals surface area (Å²) in [7, 11) is -4.16. The van der Waals surface area contributed by atoms with Crippen LogP contribution in [0.25, 0.3) is 0 Å². The molecule has 1 aliphatic rings. The van der Waals surface area contributed by atoms with E-state index >= 15 is 0 Å². The van der Waals surface area contributed by atoms with E-state index in [1.807, 2.05) is 52.7 Å². The lowest BCUT2D eigenvalue weighted by Crippen LogP contribution is -2.51. The Morgan fingerprint density at radius 3 is 2.39 bits per heavy atom. The number of rotatable bonds is 7. The number of carbonyl (C=O) groups excluding carboxylic acids is 1. The van der Waals surface area contributed by atoms with E-state index in [0.29, 0.717) is 19.2 Å². The van der Waals surface area contributed by atoms with Crippen molar-refractivity contribution in [3.8, 4) is 0 Å². The number of hydrogen-bond acceptors (Lipinski definition) is 5. The minimum absolute atomic E-state index is 0.0819. The maximum absolute atomic E-state index is 14.0. The molecule has 1 aromatic heterocycles. The van der Waals surface area contributed by atoms with Crippen molar-refractivity contribution in [3.63, 3.8) is 0 Å². The molecule has 0 spiro atoms. The Hall–Kier alpha value is -2.66. The van der Waals surface area contributed by atoms with Crippen molar-refractivity contribution >= 4 is 27.3 Å². The van der Waals surface area contributed by atoms with Crippen LogP contribution in [0.4, 0.5) is 8.78 Å². The summed E-state index contributed by atoms with van der Waals surface area (Å²) in [6, 6.07) is 15.7. The number of carbonyl (C=O) groups is 1. The number of hydrogen-bond donors (Lipinski definition) is 1. The van der Waals surface area contributed by atoms with E-state index in [9.17, 15) is 22.0 Å². The summed E-state index contributed by atoms with van der Waals surface area (Å²) < 4.78 is 54.1. The van der Waals surface area contributed by atoms with Gasteiger partial charge in [-0.15, -0.1) is 11.3 Å². The number of thiophene rings is 1. The van der Waals surface area contributed by atoms with Crippen LogP contribution < -0.4 is 5.32 Å². The minimum atomic E-state index is -4.16. The lowest BCUT2D eigenvalue weighted by molar-refractivity contribution is -0.123. The molecule has 2 heterocycles. The fourth-order valence-electron chi connectivity index (χ4n) is 3.77. The first-order valence-corrected chi connectivity index (χ1v) is 12.7. The van der Waals surface area contributed by atoms with Crippen LogP contribution >= 0.6 is 11.3 Å². The van der Waals surface area contributed by atoms with E-state index in [2.05, 4.69) is 5.32 Å². The average molecular weight is 492 g/mol. The summed E-state index contributed by atoms with van der Waals surface area (Å²) in [5.41, 5.74) is 0.973. The number of nitrogens with one attached hydrogen (secondary N) is 1. The van der Waals surface area contributed by atoms with Gasteiger partial charge in [0.25, 0.3) is 0 Å². The van der Waals surface area contributed by atoms with Crippen LogP contribution in [0.3, 0.4) is 0 Å². The van der Waals surface area contributed by atoms with Crippen molar-refractivity contribution < 1.29 is 22.0 Å². The molecule has 1 amide bonds. The molecule has 1 N–H and O–H groups in total. The van der Waals surface area contributed by atoms with Crippen LogP contribution in [0.1, 0.15) is 16.5 Å². The highest BCUT2D eigenvalue weighted by molar-refractivity contribution is 7.89. The summed E-state index contributed by atoms with van der Waals surface area (Å²) in [4.78, 5) is 15.0. The maximum Gasteiger partial charge on any atom is 0.246 e. The molecule has 6 nitrogen and oxygen atoms in total. The summed E-state index contributed by atoms with van der Waals surface area (Å²) >= 11 is 1.56. The first-order valence-electron chi connectivity index (χ1n) is 10.4. The van der Waals surface area contributed by atoms with Gasteiger partial charge in [-0.3, -0.25) is 9.69 Å². The predicted octanol–water partition coefficient (Wildman–Crippen LogP) is 3.24. The molecule has 10 heteroatoms. The number of halogens is 2. The summed E-state index contributed by atoms with van der Waals surface area (Å²) in [5.74, 6) is -1.98. The van der Waals surface area contributed by atoms with E-state index in [1.165, 1.54) is 0 Å². The zero-order valence-corrected chi connectivity index (χ0v) is 19.3. The Morgan fingerprint density at radius 1 is 1.00 bits per heavy atom. The molecule has 3 aromatic rings. The van der Waals surface area contributed by atoms with Crippen LogP contribution in [0.2, 0.25) is 0 Å². The van der Waals surface area contributed by atoms with Crippen molar-refractivity contribution in [1.82, 2.24) is 14.5 Å². The topological polar surface area (TPSA) is 69.7 Å². The Kier molecular flexibility index (Phi) is 7.18. The molecule has 0 aliphatic carbocycles. The maximum atomic E-state index is 14.0. The predicted molar refractivity (Wildman–Crippen MR) is 122 cm³/mol. The van der Waals surface area contributed by atoms with Crippen molar-refractivity contribution in [2.24, 2.45) is 0 Å². The lowest BCUT2D eigenvalue weighted by atomic mass is 10.1. The van der Waals surface area contributed by atoms with Gasteiger partial charge in [-0.2, -0.15) is 4.31 Å². The van der Waals surface area contributed by atoms with Gasteiger partial charge < -0.3 is 5.32 Å². The molecule has 0 bridgehead atoms. The molecule has 1 fully saturated rings. The SMILES string of the molecule is O=C(CN1CCN(S(=O)(=O)c2cc(F)ccc2F)CC1)NC(c1ccccc1)c1cccs1. The van der Waals surface area contributed by atoms with Crippen LogP contribution in [0, 0.1) is 11.6 Å². The zero-order chi connectivity index (χ0) is 23.4. The number of nitrogens with zero attached hydrogens (tertiary/aromatic N) is 2. The van der Waals surface area contributed by atoms with Crippen LogP contribution in [0.15, 0.2) is 70.9 Å². The Morgan fingerprint density at radius 2 is 1.73 bits per heavy atom. The molecule has 1 aliphatic heterocycles. The third kappa shape index (κ3) is 5.47. The third-order valence-corrected chi connectivity index (χ3v) is 8.33. The van der Waals surface area contributed by atoms with Crippen LogP contribution in [-0.4, -0.2) is 56.3 Å². The molecule has 33 heavy (non-hydrogen) atoms. The second-order valence-electron chi connectivity index (χ2n) is 7.68. The highest BCUT2D eigenvalue weighted by atomic mass is 32.2. The van der Waals surface area contributed by atoms with Crippen molar-refractivity contribution in [2.75, 3.05) is 32.7 Å². The van der Waals surface area contributed by atoms with E-state index in [4.69, 9.17) is 0 Å². The minimum Gasteiger partial charge on any atom is -0.343 e. The average Bonchev–Trinajstić information content (AvgIpc) is 3.34. The van der Waals surface area contributed by atoms with Crippen LogP contribution in [-0.2, 0) is 14.8 Å². The first-order chi connectivity index (χ1) is 15.8. The molecule has 1 atom stereocenters. The largest absolute Gasteiger partial charge is 0.343 e. The molecular weight excluding hydrogens is 468 g/mol. The molecule has 174 valence electrons.